The number of esters is 1. The van der Waals surface area contributed by atoms with E-state index in [1.165, 1.54) is 21.1 Å². The van der Waals surface area contributed by atoms with Crippen molar-refractivity contribution in [2.45, 2.75) is 19.6 Å². The van der Waals surface area contributed by atoms with Gasteiger partial charge in [0.1, 0.15) is 22.8 Å². The van der Waals surface area contributed by atoms with Gasteiger partial charge in [-0.25, -0.2) is 4.79 Å². The molecule has 0 spiro atoms. The molecule has 27 heavy (non-hydrogen) atoms. The lowest BCUT2D eigenvalue weighted by Crippen LogP contribution is -2.35. The van der Waals surface area contributed by atoms with E-state index in [1.807, 2.05) is 12.1 Å². The number of methoxy groups -OCH3 is 3. The number of carbonyl (C=O) groups excluding carboxylic acids is 2. The van der Waals surface area contributed by atoms with E-state index in [0.717, 1.165) is 11.3 Å². The Balaban J connectivity index is 1.98. The van der Waals surface area contributed by atoms with Crippen LogP contribution in [0.3, 0.4) is 0 Å². The number of hydrogen-bond acceptors (Lipinski definition) is 6. The van der Waals surface area contributed by atoms with Gasteiger partial charge in [-0.1, -0.05) is 18.2 Å². The molecule has 144 valence electrons. The number of benzene rings is 2. The van der Waals surface area contributed by atoms with Crippen LogP contribution < -0.4 is 19.5 Å². The first-order chi connectivity index (χ1) is 13.0. The zero-order valence-corrected chi connectivity index (χ0v) is 15.8. The Labute approximate surface area is 158 Å². The van der Waals surface area contributed by atoms with Gasteiger partial charge in [-0.2, -0.15) is 0 Å². The summed E-state index contributed by atoms with van der Waals surface area (Å²) in [6, 6.07) is 12.2. The smallest absolute Gasteiger partial charge is 0.346 e. The number of hydrogen-bond donors (Lipinski definition) is 1. The Bertz CT molecular complexity index is 765. The summed E-state index contributed by atoms with van der Waals surface area (Å²) in [4.78, 5) is 24.7. The van der Waals surface area contributed by atoms with Gasteiger partial charge in [-0.3, -0.25) is 4.79 Å². The minimum Gasteiger partial charge on any atom is -0.497 e. The molecule has 0 aliphatic carbocycles. The molecule has 0 heterocycles. The Morgan fingerprint density at radius 3 is 2.04 bits per heavy atom. The first-order valence-corrected chi connectivity index (χ1v) is 8.32. The van der Waals surface area contributed by atoms with Crippen molar-refractivity contribution in [3.8, 4) is 17.2 Å². The van der Waals surface area contributed by atoms with Crippen LogP contribution in [0.15, 0.2) is 42.5 Å². The fourth-order valence-corrected chi connectivity index (χ4v) is 2.40. The molecule has 1 N–H and O–H groups in total. The third kappa shape index (κ3) is 5.13. The molecule has 7 heteroatoms. The van der Waals surface area contributed by atoms with E-state index in [1.54, 1.807) is 37.4 Å². The van der Waals surface area contributed by atoms with Crippen LogP contribution in [-0.2, 0) is 16.1 Å². The van der Waals surface area contributed by atoms with E-state index in [2.05, 4.69) is 5.32 Å². The van der Waals surface area contributed by atoms with Crippen LogP contribution in [0, 0.1) is 0 Å². The first-order valence-electron chi connectivity index (χ1n) is 8.32. The lowest BCUT2D eigenvalue weighted by atomic mass is 10.1. The van der Waals surface area contributed by atoms with Gasteiger partial charge in [0.2, 0.25) is 0 Å². The molecular weight excluding hydrogens is 350 g/mol. The molecule has 1 amide bonds. The van der Waals surface area contributed by atoms with Gasteiger partial charge >= 0.3 is 5.97 Å². The van der Waals surface area contributed by atoms with Gasteiger partial charge in [0.05, 0.1) is 21.3 Å². The highest BCUT2D eigenvalue weighted by molar-refractivity contribution is 5.97. The fourth-order valence-electron chi connectivity index (χ4n) is 2.40. The number of ether oxygens (including phenoxy) is 4. The first kappa shape index (κ1) is 20.1. The topological polar surface area (TPSA) is 83.1 Å². The Morgan fingerprint density at radius 1 is 0.926 bits per heavy atom. The maximum Gasteiger partial charge on any atom is 0.346 e. The van der Waals surface area contributed by atoms with Gasteiger partial charge in [0.15, 0.2) is 6.10 Å². The van der Waals surface area contributed by atoms with Crippen molar-refractivity contribution in [1.82, 2.24) is 5.32 Å². The van der Waals surface area contributed by atoms with Crippen LogP contribution in [0.1, 0.15) is 22.8 Å². The number of carbonyl (C=O) groups is 2. The predicted octanol–water partition coefficient (Wildman–Crippen LogP) is 2.57. The molecule has 0 bridgehead atoms. The second-order valence-electron chi connectivity index (χ2n) is 5.65. The van der Waals surface area contributed by atoms with Crippen LogP contribution in [0.5, 0.6) is 17.2 Å². The molecule has 0 fully saturated rings. The minimum atomic E-state index is -0.981. The molecule has 2 aromatic carbocycles. The van der Waals surface area contributed by atoms with Gasteiger partial charge < -0.3 is 24.3 Å². The van der Waals surface area contributed by atoms with Crippen molar-refractivity contribution < 1.29 is 28.5 Å². The SMILES string of the molecule is COc1ccc(CNC(=O)[C@@H](C)OC(=O)c2c(OC)cccc2OC)cc1. The maximum absolute atomic E-state index is 12.5. The number of nitrogens with one attached hydrogen (secondary N) is 1. The van der Waals surface area contributed by atoms with E-state index in [-0.39, 0.29) is 5.56 Å². The van der Waals surface area contributed by atoms with Crippen LogP contribution in [0.25, 0.3) is 0 Å². The standard InChI is InChI=1S/C20H23NO6/c1-13(19(22)21-12-14-8-10-15(24-2)11-9-14)27-20(23)18-16(25-3)6-5-7-17(18)26-4/h5-11,13H,12H2,1-4H3,(H,21,22)/t13-/m1/s1. The largest absolute Gasteiger partial charge is 0.497 e. The van der Waals surface area contributed by atoms with Gasteiger partial charge in [0, 0.05) is 6.54 Å². The molecule has 2 rings (SSSR count). The summed E-state index contributed by atoms with van der Waals surface area (Å²) in [5.41, 5.74) is 1.03. The monoisotopic (exact) mass is 373 g/mol. The third-order valence-corrected chi connectivity index (χ3v) is 3.91. The Kier molecular flexibility index (Phi) is 7.05. The number of rotatable bonds is 8. The van der Waals surface area contributed by atoms with E-state index in [9.17, 15) is 9.59 Å². The summed E-state index contributed by atoms with van der Waals surface area (Å²) >= 11 is 0. The normalized spacial score (nSPS) is 11.3. The second-order valence-corrected chi connectivity index (χ2v) is 5.65. The van der Waals surface area contributed by atoms with Crippen molar-refractivity contribution in [2.75, 3.05) is 21.3 Å². The van der Waals surface area contributed by atoms with E-state index in [0.29, 0.717) is 18.0 Å². The quantitative estimate of drug-likeness (QED) is 0.716. The zero-order valence-electron chi connectivity index (χ0n) is 15.8. The summed E-state index contributed by atoms with van der Waals surface area (Å²) in [5, 5.41) is 2.73. The average Bonchev–Trinajstić information content (AvgIpc) is 2.71. The van der Waals surface area contributed by atoms with Crippen LogP contribution in [-0.4, -0.2) is 39.3 Å². The molecule has 0 aliphatic heterocycles. The third-order valence-electron chi connectivity index (χ3n) is 3.91. The summed E-state index contributed by atoms with van der Waals surface area (Å²) in [7, 11) is 4.47. The Hall–Kier alpha value is -3.22. The molecule has 0 aliphatic rings. The molecule has 0 aromatic heterocycles. The summed E-state index contributed by atoms with van der Waals surface area (Å²) in [5.74, 6) is 0.248. The fraction of sp³-hybridized carbons (Fsp3) is 0.300. The average molecular weight is 373 g/mol. The highest BCUT2D eigenvalue weighted by Crippen LogP contribution is 2.29. The lowest BCUT2D eigenvalue weighted by molar-refractivity contribution is -0.129. The predicted molar refractivity (Wildman–Crippen MR) is 99.3 cm³/mol. The molecular formula is C20H23NO6. The summed E-state index contributed by atoms with van der Waals surface area (Å²) in [6.07, 6.45) is -0.981. The van der Waals surface area contributed by atoms with Crippen molar-refractivity contribution in [1.29, 1.82) is 0 Å². The summed E-state index contributed by atoms with van der Waals surface area (Å²) < 4.78 is 20.7. The molecule has 0 saturated heterocycles. The molecule has 7 nitrogen and oxygen atoms in total. The van der Waals surface area contributed by atoms with E-state index < -0.39 is 18.0 Å². The van der Waals surface area contributed by atoms with E-state index >= 15 is 0 Å². The van der Waals surface area contributed by atoms with Crippen LogP contribution >= 0.6 is 0 Å². The minimum absolute atomic E-state index is 0.136. The van der Waals surface area contributed by atoms with Gasteiger partial charge in [-0.05, 0) is 36.8 Å². The van der Waals surface area contributed by atoms with Crippen molar-refractivity contribution >= 4 is 11.9 Å². The van der Waals surface area contributed by atoms with Crippen molar-refractivity contribution in [3.05, 3.63) is 53.6 Å². The summed E-state index contributed by atoms with van der Waals surface area (Å²) in [6.45, 7) is 1.81. The van der Waals surface area contributed by atoms with Crippen molar-refractivity contribution in [3.63, 3.8) is 0 Å². The zero-order chi connectivity index (χ0) is 19.8. The molecule has 1 atom stereocenters. The Morgan fingerprint density at radius 2 is 1.52 bits per heavy atom. The molecule has 0 radical (unpaired) electrons. The molecule has 2 aromatic rings. The number of amides is 1. The highest BCUT2D eigenvalue weighted by Gasteiger charge is 2.24. The van der Waals surface area contributed by atoms with Gasteiger partial charge in [-0.15, -0.1) is 0 Å². The van der Waals surface area contributed by atoms with Crippen molar-refractivity contribution in [2.24, 2.45) is 0 Å². The molecule has 0 saturated carbocycles. The van der Waals surface area contributed by atoms with Gasteiger partial charge in [0.25, 0.3) is 5.91 Å². The lowest BCUT2D eigenvalue weighted by Gasteiger charge is -2.16. The van der Waals surface area contributed by atoms with Crippen LogP contribution in [0.4, 0.5) is 0 Å². The second kappa shape index (κ2) is 9.47. The highest BCUT2D eigenvalue weighted by atomic mass is 16.6. The maximum atomic E-state index is 12.5. The van der Waals surface area contributed by atoms with E-state index in [4.69, 9.17) is 18.9 Å². The van der Waals surface area contributed by atoms with Crippen LogP contribution in [0.2, 0.25) is 0 Å². The molecule has 0 unspecified atom stereocenters.